The van der Waals surface area contributed by atoms with Crippen molar-refractivity contribution in [2.75, 3.05) is 13.2 Å². The third kappa shape index (κ3) is 7.35. The number of aliphatic hydroxyl groups excluding tert-OH is 5. The molecule has 8 atom stereocenters. The summed E-state index contributed by atoms with van der Waals surface area (Å²) in [5, 5.41) is 56.2. The predicted octanol–water partition coefficient (Wildman–Crippen LogP) is -1.99. The quantitative estimate of drug-likeness (QED) is 0.0558. The van der Waals surface area contributed by atoms with Crippen LogP contribution in [-0.4, -0.2) is 130 Å². The third-order valence-electron chi connectivity index (χ3n) is 7.44. The number of rotatable bonds is 12. The third-order valence-corrected chi connectivity index (χ3v) is 7.44. The van der Waals surface area contributed by atoms with Gasteiger partial charge in [-0.25, -0.2) is 0 Å². The first-order valence-electron chi connectivity index (χ1n) is 14.4. The second kappa shape index (κ2) is 14.5. The standard InChI is InChI=1S/C30H30N4O14/c1-12(37)45-25-23(39)21(11-36)48-30(24(25)40)47-19(8-31-13-2-4-15-17(6-13)28(43)33-26(15)41)20(10-35)46-22(38)9-32-14-3-5-16-18(7-14)29(44)34-27(16)42/h2-9,19-25,30,35-36,38-40H,10-11H2,1H3,(H,33,41,43)(H,34,42,44)/t19-,20-,21+,22+,23+,24+,25-,30+/m1/s1. The molecule has 0 radical (unpaired) electrons. The molecule has 18 heteroatoms. The molecular weight excluding hydrogens is 640 g/mol. The predicted molar refractivity (Wildman–Crippen MR) is 159 cm³/mol. The second-order valence-electron chi connectivity index (χ2n) is 10.7. The Balaban J connectivity index is 1.39. The van der Waals surface area contributed by atoms with Gasteiger partial charge in [0.15, 0.2) is 18.7 Å². The first-order chi connectivity index (χ1) is 22.9. The van der Waals surface area contributed by atoms with E-state index in [2.05, 4.69) is 20.6 Å². The number of hydrogen-bond donors (Lipinski definition) is 7. The van der Waals surface area contributed by atoms with E-state index in [-0.39, 0.29) is 33.6 Å². The summed E-state index contributed by atoms with van der Waals surface area (Å²) >= 11 is 0. The van der Waals surface area contributed by atoms with Crippen LogP contribution in [0.15, 0.2) is 46.4 Å². The number of imide groups is 2. The van der Waals surface area contributed by atoms with Gasteiger partial charge in [0, 0.05) is 13.1 Å². The summed E-state index contributed by atoms with van der Waals surface area (Å²) in [7, 11) is 0. The number of ether oxygens (including phenoxy) is 4. The molecule has 2 aromatic carbocycles. The molecule has 1 saturated heterocycles. The first kappa shape index (κ1) is 34.5. The molecule has 48 heavy (non-hydrogen) atoms. The fourth-order valence-electron chi connectivity index (χ4n) is 5.09. The number of hydrogen-bond acceptors (Lipinski definition) is 16. The molecule has 254 valence electrons. The van der Waals surface area contributed by atoms with Gasteiger partial charge in [0.25, 0.3) is 23.6 Å². The van der Waals surface area contributed by atoms with E-state index in [1.54, 1.807) is 0 Å². The lowest BCUT2D eigenvalue weighted by molar-refractivity contribution is -0.315. The average Bonchev–Trinajstić information content (AvgIpc) is 3.51. The van der Waals surface area contributed by atoms with Crippen LogP contribution in [0.4, 0.5) is 11.4 Å². The van der Waals surface area contributed by atoms with Crippen LogP contribution in [0.3, 0.4) is 0 Å². The second-order valence-corrected chi connectivity index (χ2v) is 10.7. The minimum absolute atomic E-state index is 0.0529. The molecule has 4 amide bonds. The van der Waals surface area contributed by atoms with Crippen molar-refractivity contribution in [2.45, 2.75) is 56.1 Å². The van der Waals surface area contributed by atoms with Crippen LogP contribution >= 0.6 is 0 Å². The number of aliphatic hydroxyl groups is 5. The summed E-state index contributed by atoms with van der Waals surface area (Å²) in [6, 6.07) is 8.19. The van der Waals surface area contributed by atoms with E-state index < -0.39 is 92.0 Å². The zero-order chi connectivity index (χ0) is 34.7. The molecular formula is C30H30N4O14. The Labute approximate surface area is 270 Å². The zero-order valence-corrected chi connectivity index (χ0v) is 25.0. The van der Waals surface area contributed by atoms with Gasteiger partial charge in [0.1, 0.15) is 30.5 Å². The van der Waals surface area contributed by atoms with E-state index in [9.17, 15) is 49.5 Å². The van der Waals surface area contributed by atoms with Crippen LogP contribution in [0.5, 0.6) is 0 Å². The Hall–Kier alpha value is -4.79. The number of amides is 4. The maximum atomic E-state index is 12.1. The van der Waals surface area contributed by atoms with Crippen molar-refractivity contribution in [3.05, 3.63) is 58.7 Å². The van der Waals surface area contributed by atoms with Crippen LogP contribution in [0, 0.1) is 0 Å². The molecule has 0 spiro atoms. The first-order valence-corrected chi connectivity index (χ1v) is 14.4. The Bertz CT molecular complexity index is 1680. The van der Waals surface area contributed by atoms with Crippen molar-refractivity contribution < 1.29 is 68.5 Å². The molecule has 0 unspecified atom stereocenters. The lowest BCUT2D eigenvalue weighted by Crippen LogP contribution is -2.61. The summed E-state index contributed by atoms with van der Waals surface area (Å²) in [6.07, 6.45) is -11.0. The normalized spacial score (nSPS) is 25.5. The van der Waals surface area contributed by atoms with E-state index in [0.717, 1.165) is 19.4 Å². The van der Waals surface area contributed by atoms with Crippen molar-refractivity contribution in [3.8, 4) is 0 Å². The summed E-state index contributed by atoms with van der Waals surface area (Å²) in [5.74, 6) is -3.26. The number of aliphatic imine (C=N–C) groups is 2. The Morgan fingerprint density at radius 2 is 1.42 bits per heavy atom. The van der Waals surface area contributed by atoms with Crippen LogP contribution in [0.1, 0.15) is 48.4 Å². The molecule has 0 saturated carbocycles. The highest BCUT2D eigenvalue weighted by Crippen LogP contribution is 2.28. The fraction of sp³-hybridized carbons (Fsp3) is 0.367. The number of benzene rings is 2. The van der Waals surface area contributed by atoms with Gasteiger partial charge in [-0.3, -0.25) is 44.6 Å². The number of carbonyl (C=O) groups excluding carboxylic acids is 5. The van der Waals surface area contributed by atoms with Crippen molar-refractivity contribution in [3.63, 3.8) is 0 Å². The lowest BCUT2D eigenvalue weighted by Gasteiger charge is -2.42. The molecule has 3 heterocycles. The topological polar surface area (TPSA) is 272 Å². The zero-order valence-electron chi connectivity index (χ0n) is 25.0. The van der Waals surface area contributed by atoms with Gasteiger partial charge in [-0.2, -0.15) is 0 Å². The summed E-state index contributed by atoms with van der Waals surface area (Å²) < 4.78 is 21.9. The molecule has 0 aromatic heterocycles. The molecule has 0 bridgehead atoms. The minimum Gasteiger partial charge on any atom is -0.457 e. The van der Waals surface area contributed by atoms with Crippen molar-refractivity contribution in [1.29, 1.82) is 0 Å². The summed E-state index contributed by atoms with van der Waals surface area (Å²) in [6.45, 7) is -0.575. The van der Waals surface area contributed by atoms with Crippen molar-refractivity contribution in [1.82, 2.24) is 10.6 Å². The maximum Gasteiger partial charge on any atom is 0.303 e. The van der Waals surface area contributed by atoms with E-state index in [0.29, 0.717) is 0 Å². The van der Waals surface area contributed by atoms with Gasteiger partial charge in [0.05, 0.1) is 53.1 Å². The van der Waals surface area contributed by atoms with Crippen molar-refractivity contribution >= 4 is 53.4 Å². The van der Waals surface area contributed by atoms with E-state index >= 15 is 0 Å². The number of fused-ring (bicyclic) bond motifs is 2. The molecule has 0 aliphatic carbocycles. The van der Waals surface area contributed by atoms with Gasteiger partial charge < -0.3 is 44.5 Å². The summed E-state index contributed by atoms with van der Waals surface area (Å²) in [5.41, 5.74) is 0.754. The van der Waals surface area contributed by atoms with Gasteiger partial charge in [-0.15, -0.1) is 0 Å². The Morgan fingerprint density at radius 1 is 0.875 bits per heavy atom. The Kier molecular flexibility index (Phi) is 10.5. The van der Waals surface area contributed by atoms with E-state index in [1.165, 1.54) is 36.4 Å². The van der Waals surface area contributed by atoms with Crippen molar-refractivity contribution in [2.24, 2.45) is 9.98 Å². The van der Waals surface area contributed by atoms with Gasteiger partial charge in [0.2, 0.25) is 0 Å². The molecule has 3 aliphatic rings. The summed E-state index contributed by atoms with van der Waals surface area (Å²) in [4.78, 5) is 67.7. The minimum atomic E-state index is -1.83. The molecule has 5 rings (SSSR count). The van der Waals surface area contributed by atoms with Crippen LogP contribution in [0.25, 0.3) is 0 Å². The van der Waals surface area contributed by atoms with Crippen LogP contribution in [-0.2, 0) is 23.7 Å². The fourth-order valence-corrected chi connectivity index (χ4v) is 5.09. The van der Waals surface area contributed by atoms with Gasteiger partial charge in [-0.05, 0) is 36.4 Å². The number of nitrogens with one attached hydrogen (secondary N) is 2. The number of esters is 1. The molecule has 3 aliphatic heterocycles. The molecule has 1 fully saturated rings. The van der Waals surface area contributed by atoms with Crippen LogP contribution < -0.4 is 10.6 Å². The highest BCUT2D eigenvalue weighted by Gasteiger charge is 2.48. The smallest absolute Gasteiger partial charge is 0.303 e. The van der Waals surface area contributed by atoms with Crippen LogP contribution in [0.2, 0.25) is 0 Å². The van der Waals surface area contributed by atoms with Gasteiger partial charge in [-0.1, -0.05) is 0 Å². The monoisotopic (exact) mass is 670 g/mol. The highest BCUT2D eigenvalue weighted by molar-refractivity contribution is 6.22. The maximum absolute atomic E-state index is 12.1. The number of carbonyl (C=O) groups is 5. The van der Waals surface area contributed by atoms with E-state index in [4.69, 9.17) is 18.9 Å². The Morgan fingerprint density at radius 3 is 1.94 bits per heavy atom. The lowest BCUT2D eigenvalue weighted by atomic mass is 9.99. The largest absolute Gasteiger partial charge is 0.457 e. The number of nitrogens with zero attached hydrogens (tertiary/aromatic N) is 2. The molecule has 2 aromatic rings. The van der Waals surface area contributed by atoms with E-state index in [1.807, 2.05) is 0 Å². The SMILES string of the molecule is CC(=O)O[C@H]1[C@H](O)[C@@H](O[C@H](C=Nc2ccc3c(c2)C(=O)NC3=O)[C@@H](CO)O[C@H](O)C=Nc2ccc3c(c2)C(=O)NC3=O)O[C@@H](CO)[C@@H]1O. The average molecular weight is 671 g/mol. The highest BCUT2D eigenvalue weighted by atomic mass is 16.7. The van der Waals surface area contributed by atoms with Gasteiger partial charge >= 0.3 is 5.97 Å². The molecule has 7 N–H and O–H groups in total. The molecule has 18 nitrogen and oxygen atoms in total.